The topological polar surface area (TPSA) is 157 Å². The molecule has 1 aliphatic rings. The lowest BCUT2D eigenvalue weighted by atomic mass is 10.1. The number of H-pyrrole nitrogens is 1. The van der Waals surface area contributed by atoms with Crippen LogP contribution in [0.2, 0.25) is 0 Å². The summed E-state index contributed by atoms with van der Waals surface area (Å²) in [6, 6.07) is 4.47. The number of piperazine rings is 1. The highest BCUT2D eigenvalue weighted by atomic mass is 32.2. The molecule has 182 valence electrons. The molecule has 1 amide bonds. The Morgan fingerprint density at radius 2 is 1.88 bits per heavy atom. The van der Waals surface area contributed by atoms with Gasteiger partial charge in [0, 0.05) is 33.2 Å². The third kappa shape index (κ3) is 4.29. The number of benzene rings is 1. The zero-order valence-electron chi connectivity index (χ0n) is 19.2. The van der Waals surface area contributed by atoms with Crippen LogP contribution < -0.4 is 16.0 Å². The van der Waals surface area contributed by atoms with Crippen LogP contribution in [0, 0.1) is 0 Å². The molecule has 1 saturated heterocycles. The molecular formula is C21H27N7O5S. The zero-order valence-corrected chi connectivity index (χ0v) is 20.1. The van der Waals surface area contributed by atoms with Crippen LogP contribution >= 0.6 is 0 Å². The molecule has 3 aromatic rings. The first-order valence-electron chi connectivity index (χ1n) is 10.9. The summed E-state index contributed by atoms with van der Waals surface area (Å²) in [5.74, 6) is -0.386. The average molecular weight is 490 g/mol. The van der Waals surface area contributed by atoms with Crippen LogP contribution in [-0.4, -0.2) is 83.1 Å². The number of nitrogens with two attached hydrogens (primary N) is 1. The van der Waals surface area contributed by atoms with Gasteiger partial charge in [-0.1, -0.05) is 6.92 Å². The number of amides is 1. The summed E-state index contributed by atoms with van der Waals surface area (Å²) < 4.78 is 35.1. The van der Waals surface area contributed by atoms with E-state index in [2.05, 4.69) is 20.0 Å². The first-order valence-corrected chi connectivity index (χ1v) is 12.3. The number of fused-ring (bicyclic) bond motifs is 1. The molecule has 0 radical (unpaired) electrons. The van der Waals surface area contributed by atoms with E-state index in [1.807, 2.05) is 14.0 Å². The number of hydrogen-bond acceptors (Lipinski definition) is 8. The van der Waals surface area contributed by atoms with Crippen molar-refractivity contribution < 1.29 is 17.9 Å². The van der Waals surface area contributed by atoms with Crippen LogP contribution in [0.25, 0.3) is 22.4 Å². The van der Waals surface area contributed by atoms with Crippen LogP contribution in [0.1, 0.15) is 23.8 Å². The summed E-state index contributed by atoms with van der Waals surface area (Å²) in [6.07, 6.45) is 0.720. The highest BCUT2D eigenvalue weighted by Crippen LogP contribution is 2.32. The first kappa shape index (κ1) is 23.9. The third-order valence-electron chi connectivity index (χ3n) is 5.69. The van der Waals surface area contributed by atoms with E-state index in [9.17, 15) is 18.0 Å². The Balaban J connectivity index is 1.87. The monoisotopic (exact) mass is 489 g/mol. The van der Waals surface area contributed by atoms with Crippen molar-refractivity contribution in [1.82, 2.24) is 29.0 Å². The van der Waals surface area contributed by atoms with Gasteiger partial charge in [-0.2, -0.15) is 9.40 Å². The second-order valence-corrected chi connectivity index (χ2v) is 10.1. The van der Waals surface area contributed by atoms with E-state index in [1.54, 1.807) is 6.07 Å². The molecular weight excluding hydrogens is 462 g/mol. The summed E-state index contributed by atoms with van der Waals surface area (Å²) in [4.78, 5) is 33.9. The van der Waals surface area contributed by atoms with Gasteiger partial charge in [0.1, 0.15) is 17.1 Å². The van der Waals surface area contributed by atoms with Crippen molar-refractivity contribution in [2.45, 2.75) is 18.2 Å². The molecule has 3 N–H and O–H groups in total. The zero-order chi connectivity index (χ0) is 24.6. The maximum absolute atomic E-state index is 13.3. The molecule has 0 atom stereocenters. The van der Waals surface area contributed by atoms with Crippen molar-refractivity contribution >= 4 is 27.0 Å². The number of hydrogen-bond donors (Lipinski definition) is 2. The minimum atomic E-state index is -3.78. The molecule has 1 fully saturated rings. The van der Waals surface area contributed by atoms with E-state index < -0.39 is 21.5 Å². The fourth-order valence-corrected chi connectivity index (χ4v) is 5.30. The van der Waals surface area contributed by atoms with Gasteiger partial charge < -0.3 is 20.4 Å². The SMILES string of the molecule is CCCOc1ccc(S(=O)(=O)N2CCN(C)CC2)cc1-c1nc2c(C(N)=O)n(C)nc2c(=O)[nH]1. The van der Waals surface area contributed by atoms with Gasteiger partial charge in [-0.3, -0.25) is 14.3 Å². The van der Waals surface area contributed by atoms with Gasteiger partial charge in [-0.25, -0.2) is 13.4 Å². The van der Waals surface area contributed by atoms with E-state index in [-0.39, 0.29) is 33.0 Å². The van der Waals surface area contributed by atoms with E-state index in [0.29, 0.717) is 38.5 Å². The van der Waals surface area contributed by atoms with E-state index in [0.717, 1.165) is 6.42 Å². The molecule has 1 aliphatic heterocycles. The number of nitrogens with one attached hydrogen (secondary N) is 1. The number of aromatic amines is 1. The summed E-state index contributed by atoms with van der Waals surface area (Å²) >= 11 is 0. The van der Waals surface area contributed by atoms with Crippen molar-refractivity contribution in [3.63, 3.8) is 0 Å². The molecule has 12 nitrogen and oxygen atoms in total. The van der Waals surface area contributed by atoms with Gasteiger partial charge in [0.05, 0.1) is 17.1 Å². The number of carbonyl (C=O) groups is 1. The Morgan fingerprint density at radius 1 is 1.18 bits per heavy atom. The smallest absolute Gasteiger partial charge is 0.279 e. The molecule has 1 aromatic carbocycles. The quantitative estimate of drug-likeness (QED) is 0.475. The number of sulfonamides is 1. The number of likely N-dealkylation sites (N-methyl/N-ethyl adjacent to an activating group) is 1. The molecule has 4 rings (SSSR count). The number of primary amides is 1. The van der Waals surface area contributed by atoms with Gasteiger partial charge in [0.15, 0.2) is 11.2 Å². The Bertz CT molecular complexity index is 1400. The number of rotatable bonds is 7. The van der Waals surface area contributed by atoms with Crippen LogP contribution in [-0.2, 0) is 17.1 Å². The van der Waals surface area contributed by atoms with E-state index >= 15 is 0 Å². The Hall–Kier alpha value is -3.29. The van der Waals surface area contributed by atoms with Crippen molar-refractivity contribution in [2.75, 3.05) is 39.8 Å². The Labute approximate surface area is 196 Å². The van der Waals surface area contributed by atoms with Gasteiger partial charge in [0.25, 0.3) is 11.5 Å². The average Bonchev–Trinajstić information content (AvgIpc) is 3.14. The predicted molar refractivity (Wildman–Crippen MR) is 125 cm³/mol. The van der Waals surface area contributed by atoms with Crippen molar-refractivity contribution in [1.29, 1.82) is 0 Å². The third-order valence-corrected chi connectivity index (χ3v) is 7.59. The molecule has 2 aromatic heterocycles. The van der Waals surface area contributed by atoms with Gasteiger partial charge in [-0.15, -0.1) is 0 Å². The maximum Gasteiger partial charge on any atom is 0.279 e. The van der Waals surface area contributed by atoms with Crippen molar-refractivity contribution in [3.05, 3.63) is 34.2 Å². The summed E-state index contributed by atoms with van der Waals surface area (Å²) in [6.45, 7) is 4.33. The molecule has 13 heteroatoms. The standard InChI is InChI=1S/C21H27N7O5S/c1-4-11-33-15-6-5-13(34(31,32)28-9-7-26(2)8-10-28)12-14(15)20-23-16-17(21(30)24-20)25-27(3)18(16)19(22)29/h5-6,12H,4,7-11H2,1-3H3,(H2,22,29)(H,23,24,30). The second-order valence-electron chi connectivity index (χ2n) is 8.16. The van der Waals surface area contributed by atoms with Gasteiger partial charge in [0.2, 0.25) is 10.0 Å². The van der Waals surface area contributed by atoms with Crippen LogP contribution in [0.5, 0.6) is 5.75 Å². The number of aromatic nitrogens is 4. The summed E-state index contributed by atoms with van der Waals surface area (Å²) in [5, 5.41) is 4.04. The lowest BCUT2D eigenvalue weighted by Gasteiger charge is -2.31. The lowest BCUT2D eigenvalue weighted by Crippen LogP contribution is -2.47. The molecule has 3 heterocycles. The molecule has 0 unspecified atom stereocenters. The number of ether oxygens (including phenoxy) is 1. The lowest BCUT2D eigenvalue weighted by molar-refractivity contribution is 0.0993. The van der Waals surface area contributed by atoms with Gasteiger partial charge >= 0.3 is 0 Å². The van der Waals surface area contributed by atoms with Crippen LogP contribution in [0.15, 0.2) is 27.9 Å². The Kier molecular flexibility index (Phi) is 6.43. The highest BCUT2D eigenvalue weighted by Gasteiger charge is 2.29. The Morgan fingerprint density at radius 3 is 2.53 bits per heavy atom. The molecule has 34 heavy (non-hydrogen) atoms. The fourth-order valence-electron chi connectivity index (χ4n) is 3.85. The van der Waals surface area contributed by atoms with E-state index in [1.165, 1.54) is 28.2 Å². The number of nitrogens with zero attached hydrogens (tertiary/aromatic N) is 5. The minimum Gasteiger partial charge on any atom is -0.493 e. The molecule has 0 aliphatic carbocycles. The minimum absolute atomic E-state index is 0.0282. The number of aryl methyl sites for hydroxylation is 1. The second kappa shape index (κ2) is 9.16. The fraction of sp³-hybridized carbons (Fsp3) is 0.429. The molecule has 0 saturated carbocycles. The summed E-state index contributed by atoms with van der Waals surface area (Å²) in [5.41, 5.74) is 5.12. The van der Waals surface area contributed by atoms with Crippen molar-refractivity contribution in [2.24, 2.45) is 12.8 Å². The molecule has 0 bridgehead atoms. The van der Waals surface area contributed by atoms with E-state index in [4.69, 9.17) is 10.5 Å². The maximum atomic E-state index is 13.3. The highest BCUT2D eigenvalue weighted by molar-refractivity contribution is 7.89. The first-order chi connectivity index (χ1) is 16.1. The van der Waals surface area contributed by atoms with Crippen molar-refractivity contribution in [3.8, 4) is 17.1 Å². The largest absolute Gasteiger partial charge is 0.493 e. The number of carbonyl (C=O) groups excluding carboxylic acids is 1. The predicted octanol–water partition coefficient (Wildman–Crippen LogP) is 0.147. The van der Waals surface area contributed by atoms with Gasteiger partial charge in [-0.05, 0) is 31.7 Å². The normalized spacial score (nSPS) is 15.6. The molecule has 0 spiro atoms. The summed E-state index contributed by atoms with van der Waals surface area (Å²) in [7, 11) is -0.353. The van der Waals surface area contributed by atoms with Crippen LogP contribution in [0.3, 0.4) is 0 Å². The van der Waals surface area contributed by atoms with Crippen LogP contribution in [0.4, 0.5) is 0 Å².